The minimum Gasteiger partial charge on any atom is -0.507 e. The topological polar surface area (TPSA) is 70.1 Å². The first-order valence-corrected chi connectivity index (χ1v) is 11.4. The van der Waals surface area contributed by atoms with Crippen LogP contribution in [0, 0.1) is 5.82 Å². The van der Waals surface area contributed by atoms with Gasteiger partial charge in [-0.25, -0.2) is 4.39 Å². The third-order valence-corrected chi connectivity index (χ3v) is 5.89. The molecule has 0 bridgehead atoms. The number of benzene rings is 2. The van der Waals surface area contributed by atoms with Crippen molar-refractivity contribution in [3.8, 4) is 5.75 Å². The van der Waals surface area contributed by atoms with Gasteiger partial charge in [0.2, 0.25) is 0 Å². The second-order valence-electron chi connectivity index (χ2n) is 9.71. The van der Waals surface area contributed by atoms with Crippen LogP contribution in [0.3, 0.4) is 0 Å². The lowest BCUT2D eigenvalue weighted by atomic mass is 9.84. The number of likely N-dealkylation sites (tertiary alicyclic amines) is 1. The predicted molar refractivity (Wildman–Crippen MR) is 130 cm³/mol. The van der Waals surface area contributed by atoms with E-state index < -0.39 is 23.5 Å². The molecule has 182 valence electrons. The molecule has 1 fully saturated rings. The minimum absolute atomic E-state index is 0.113. The first-order chi connectivity index (χ1) is 16.0. The van der Waals surface area contributed by atoms with Crippen LogP contribution in [-0.2, 0) is 15.0 Å². The molecule has 6 nitrogen and oxygen atoms in total. The van der Waals surface area contributed by atoms with Gasteiger partial charge in [-0.05, 0) is 50.7 Å². The van der Waals surface area contributed by atoms with Crippen LogP contribution in [-0.4, -0.2) is 60.4 Å². The molecule has 1 aliphatic heterocycles. The molecule has 3 rings (SSSR count). The molecule has 0 aliphatic carbocycles. The highest BCUT2D eigenvalue weighted by Crippen LogP contribution is 2.41. The predicted octanol–water partition coefficient (Wildman–Crippen LogP) is 4.51. The summed E-state index contributed by atoms with van der Waals surface area (Å²) in [6, 6.07) is 10.2. The maximum atomic E-state index is 14.9. The zero-order chi connectivity index (χ0) is 25.2. The maximum Gasteiger partial charge on any atom is 0.295 e. The van der Waals surface area contributed by atoms with Crippen molar-refractivity contribution in [1.82, 2.24) is 9.80 Å². The molecule has 2 aromatic carbocycles. The lowest BCUT2D eigenvalue weighted by molar-refractivity contribution is -0.140. The Morgan fingerprint density at radius 2 is 1.82 bits per heavy atom. The largest absolute Gasteiger partial charge is 0.507 e. The average molecular weight is 469 g/mol. The van der Waals surface area contributed by atoms with Gasteiger partial charge in [-0.15, -0.1) is 0 Å². The van der Waals surface area contributed by atoms with E-state index in [-0.39, 0.29) is 28.9 Å². The summed E-state index contributed by atoms with van der Waals surface area (Å²) >= 11 is 0. The van der Waals surface area contributed by atoms with Crippen LogP contribution in [0.5, 0.6) is 5.75 Å². The van der Waals surface area contributed by atoms with Crippen LogP contribution < -0.4 is 4.74 Å². The van der Waals surface area contributed by atoms with Crippen LogP contribution in [0.15, 0.2) is 48.0 Å². The SMILES string of the molecule is CCOc1ccc(/C(O)=C2\C(=O)C(=O)N(CCN(C)C)C2c2ccccc2F)cc1C(C)(C)C. The highest BCUT2D eigenvalue weighted by atomic mass is 19.1. The summed E-state index contributed by atoms with van der Waals surface area (Å²) < 4.78 is 20.6. The summed E-state index contributed by atoms with van der Waals surface area (Å²) in [5.74, 6) is -1.76. The van der Waals surface area contributed by atoms with Crippen molar-refractivity contribution in [1.29, 1.82) is 0 Å². The van der Waals surface area contributed by atoms with Crippen LogP contribution in [0.1, 0.15) is 50.4 Å². The van der Waals surface area contributed by atoms with Gasteiger partial charge < -0.3 is 19.6 Å². The number of carbonyl (C=O) groups is 2. The quantitative estimate of drug-likeness (QED) is 0.368. The molecule has 1 aliphatic rings. The van der Waals surface area contributed by atoms with Gasteiger partial charge in [-0.1, -0.05) is 39.0 Å². The molecular formula is C27H33FN2O4. The van der Waals surface area contributed by atoms with Gasteiger partial charge in [-0.2, -0.15) is 0 Å². The third kappa shape index (κ3) is 4.99. The fourth-order valence-corrected chi connectivity index (χ4v) is 4.14. The van der Waals surface area contributed by atoms with E-state index in [1.165, 1.54) is 11.0 Å². The molecule has 1 N–H and O–H groups in total. The van der Waals surface area contributed by atoms with E-state index in [2.05, 4.69) is 0 Å². The molecule has 2 aromatic rings. The number of amides is 1. The van der Waals surface area contributed by atoms with E-state index in [1.54, 1.807) is 36.4 Å². The second-order valence-corrected chi connectivity index (χ2v) is 9.71. The summed E-state index contributed by atoms with van der Waals surface area (Å²) in [5, 5.41) is 11.3. The Hall–Kier alpha value is -3.19. The van der Waals surface area contributed by atoms with E-state index in [0.717, 1.165) is 5.56 Å². The van der Waals surface area contributed by atoms with Crippen molar-refractivity contribution < 1.29 is 23.8 Å². The van der Waals surface area contributed by atoms with Crippen molar-refractivity contribution in [3.05, 3.63) is 70.5 Å². The molecule has 0 aromatic heterocycles. The Kier molecular flexibility index (Phi) is 7.46. The Bertz CT molecular complexity index is 1120. The number of Topliss-reactive ketones (excluding diaryl/α,β-unsaturated/α-hetero) is 1. The Balaban J connectivity index is 2.21. The standard InChI is InChI=1S/C27H33FN2O4/c1-7-34-21-13-12-17(16-19(21)27(2,3)4)24(31)22-23(18-10-8-9-11-20(18)28)30(15-14-29(5)6)26(33)25(22)32/h8-13,16,23,31H,7,14-15H2,1-6H3/b24-22+. The Morgan fingerprint density at radius 3 is 2.41 bits per heavy atom. The lowest BCUT2D eigenvalue weighted by Gasteiger charge is -2.27. The molecule has 0 saturated carbocycles. The number of carbonyl (C=O) groups excluding carboxylic acids is 2. The van der Waals surface area contributed by atoms with Crippen molar-refractivity contribution in [2.75, 3.05) is 33.8 Å². The van der Waals surface area contributed by atoms with E-state index in [4.69, 9.17) is 4.74 Å². The number of nitrogens with zero attached hydrogens (tertiary/aromatic N) is 2. The highest BCUT2D eigenvalue weighted by molar-refractivity contribution is 6.46. The van der Waals surface area contributed by atoms with E-state index >= 15 is 0 Å². The number of aliphatic hydroxyl groups is 1. The summed E-state index contributed by atoms with van der Waals surface area (Å²) in [6.07, 6.45) is 0. The maximum absolute atomic E-state index is 14.9. The summed E-state index contributed by atoms with van der Waals surface area (Å²) in [5.41, 5.74) is 0.980. The molecule has 0 radical (unpaired) electrons. The van der Waals surface area contributed by atoms with E-state index in [0.29, 0.717) is 24.5 Å². The van der Waals surface area contributed by atoms with Gasteiger partial charge in [0.25, 0.3) is 11.7 Å². The number of ether oxygens (including phenoxy) is 1. The van der Waals surface area contributed by atoms with E-state index in [1.807, 2.05) is 46.7 Å². The van der Waals surface area contributed by atoms with E-state index in [9.17, 15) is 19.1 Å². The van der Waals surface area contributed by atoms with Crippen LogP contribution >= 0.6 is 0 Å². The molecule has 1 heterocycles. The number of likely N-dealkylation sites (N-methyl/N-ethyl adjacent to an activating group) is 1. The summed E-state index contributed by atoms with van der Waals surface area (Å²) in [7, 11) is 3.70. The Labute approximate surface area is 200 Å². The molecular weight excluding hydrogens is 435 g/mol. The number of ketones is 1. The minimum atomic E-state index is -1.02. The van der Waals surface area contributed by atoms with Crippen LogP contribution in [0.2, 0.25) is 0 Å². The molecule has 0 spiro atoms. The zero-order valence-corrected chi connectivity index (χ0v) is 20.7. The normalized spacial score (nSPS) is 18.1. The molecule has 7 heteroatoms. The smallest absolute Gasteiger partial charge is 0.295 e. The number of rotatable bonds is 7. The van der Waals surface area contributed by atoms with Gasteiger partial charge in [-0.3, -0.25) is 9.59 Å². The molecule has 1 atom stereocenters. The van der Waals surface area contributed by atoms with Gasteiger partial charge in [0.15, 0.2) is 0 Å². The fraction of sp³-hybridized carbons (Fsp3) is 0.407. The van der Waals surface area contributed by atoms with Crippen molar-refractivity contribution in [3.63, 3.8) is 0 Å². The monoisotopic (exact) mass is 468 g/mol. The van der Waals surface area contributed by atoms with Gasteiger partial charge in [0, 0.05) is 29.8 Å². The summed E-state index contributed by atoms with van der Waals surface area (Å²) in [6.45, 7) is 9.14. The lowest BCUT2D eigenvalue weighted by Crippen LogP contribution is -2.35. The first kappa shape index (κ1) is 25.4. The van der Waals surface area contributed by atoms with Crippen molar-refractivity contribution >= 4 is 17.4 Å². The Morgan fingerprint density at radius 1 is 1.15 bits per heavy atom. The molecule has 1 saturated heterocycles. The number of hydrogen-bond acceptors (Lipinski definition) is 5. The molecule has 34 heavy (non-hydrogen) atoms. The number of aliphatic hydroxyl groups excluding tert-OH is 1. The summed E-state index contributed by atoms with van der Waals surface area (Å²) in [4.78, 5) is 29.4. The molecule has 1 amide bonds. The van der Waals surface area contributed by atoms with Gasteiger partial charge in [0.05, 0.1) is 18.2 Å². The third-order valence-electron chi connectivity index (χ3n) is 5.89. The first-order valence-electron chi connectivity index (χ1n) is 11.4. The van der Waals surface area contributed by atoms with Crippen LogP contribution in [0.25, 0.3) is 5.76 Å². The second kappa shape index (κ2) is 9.97. The number of halogens is 1. The molecule has 1 unspecified atom stereocenters. The van der Waals surface area contributed by atoms with Crippen LogP contribution in [0.4, 0.5) is 4.39 Å². The number of hydrogen-bond donors (Lipinski definition) is 1. The van der Waals surface area contributed by atoms with Crippen molar-refractivity contribution in [2.45, 2.75) is 39.2 Å². The highest BCUT2D eigenvalue weighted by Gasteiger charge is 2.46. The van der Waals surface area contributed by atoms with Gasteiger partial charge >= 0.3 is 0 Å². The van der Waals surface area contributed by atoms with Gasteiger partial charge in [0.1, 0.15) is 17.3 Å². The average Bonchev–Trinajstić information content (AvgIpc) is 3.02. The van der Waals surface area contributed by atoms with Crippen molar-refractivity contribution in [2.24, 2.45) is 0 Å². The zero-order valence-electron chi connectivity index (χ0n) is 20.7. The fourth-order valence-electron chi connectivity index (χ4n) is 4.14.